The Morgan fingerprint density at radius 3 is 2.41 bits per heavy atom. The van der Waals surface area contributed by atoms with Crippen molar-refractivity contribution in [1.82, 2.24) is 0 Å². The number of thioether (sulfide) groups is 1. The van der Waals surface area contributed by atoms with Gasteiger partial charge in [-0.25, -0.2) is 0 Å². The van der Waals surface area contributed by atoms with Gasteiger partial charge in [0, 0.05) is 22.7 Å². The molecule has 0 bridgehead atoms. The summed E-state index contributed by atoms with van der Waals surface area (Å²) in [6.07, 6.45) is 1.75. The first-order chi connectivity index (χ1) is 15.4. The molecule has 6 nitrogen and oxygen atoms in total. The minimum absolute atomic E-state index is 0.0495. The van der Waals surface area contributed by atoms with E-state index >= 15 is 0 Å². The fraction of sp³-hybridized carbons (Fsp3) is 0.0435. The summed E-state index contributed by atoms with van der Waals surface area (Å²) in [4.78, 5) is 25.1. The van der Waals surface area contributed by atoms with Crippen LogP contribution in [-0.4, -0.2) is 15.2 Å². The van der Waals surface area contributed by atoms with E-state index in [0.29, 0.717) is 32.3 Å². The summed E-state index contributed by atoms with van der Waals surface area (Å²) in [7, 11) is 0. The van der Waals surface area contributed by atoms with Gasteiger partial charge in [0.25, 0.3) is 11.6 Å². The number of nitro groups is 1. The van der Waals surface area contributed by atoms with E-state index in [9.17, 15) is 14.9 Å². The first-order valence-corrected chi connectivity index (χ1v) is 11.0. The van der Waals surface area contributed by atoms with Crippen molar-refractivity contribution in [2.24, 2.45) is 0 Å². The van der Waals surface area contributed by atoms with Crippen LogP contribution >= 0.6 is 35.6 Å². The largest absolute Gasteiger partial charge is 0.489 e. The second kappa shape index (κ2) is 9.52. The van der Waals surface area contributed by atoms with Gasteiger partial charge in [-0.3, -0.25) is 19.8 Å². The molecule has 160 valence electrons. The zero-order valence-corrected chi connectivity index (χ0v) is 18.8. The molecule has 0 aliphatic carbocycles. The zero-order chi connectivity index (χ0) is 22.7. The zero-order valence-electron chi connectivity index (χ0n) is 16.4. The molecular formula is C23H15ClN2O4S2. The van der Waals surface area contributed by atoms with Crippen LogP contribution in [0.5, 0.6) is 5.75 Å². The van der Waals surface area contributed by atoms with E-state index in [1.165, 1.54) is 40.9 Å². The van der Waals surface area contributed by atoms with E-state index in [2.05, 4.69) is 0 Å². The van der Waals surface area contributed by atoms with E-state index in [1.54, 1.807) is 6.08 Å². The highest BCUT2D eigenvalue weighted by atomic mass is 35.5. The third-order valence-corrected chi connectivity index (χ3v) is 6.31. The van der Waals surface area contributed by atoms with E-state index in [-0.39, 0.29) is 11.6 Å². The summed E-state index contributed by atoms with van der Waals surface area (Å²) in [5.41, 5.74) is 2.16. The summed E-state index contributed by atoms with van der Waals surface area (Å²) in [5, 5.41) is 11.5. The van der Waals surface area contributed by atoms with Crippen molar-refractivity contribution in [3.63, 3.8) is 0 Å². The average molecular weight is 483 g/mol. The molecule has 9 heteroatoms. The maximum Gasteiger partial charge on any atom is 0.270 e. The fourth-order valence-electron chi connectivity index (χ4n) is 3.00. The second-order valence-electron chi connectivity index (χ2n) is 6.74. The molecule has 1 amide bonds. The molecule has 0 N–H and O–H groups in total. The summed E-state index contributed by atoms with van der Waals surface area (Å²) < 4.78 is 6.15. The van der Waals surface area contributed by atoms with Gasteiger partial charge < -0.3 is 4.74 Å². The Morgan fingerprint density at radius 1 is 1.06 bits per heavy atom. The van der Waals surface area contributed by atoms with E-state index in [0.717, 1.165) is 11.1 Å². The third kappa shape index (κ3) is 4.83. The van der Waals surface area contributed by atoms with Crippen LogP contribution in [-0.2, 0) is 11.4 Å². The molecule has 1 heterocycles. The number of thiocarbonyl (C=S) groups is 1. The van der Waals surface area contributed by atoms with Crippen molar-refractivity contribution in [3.8, 4) is 5.75 Å². The topological polar surface area (TPSA) is 72.7 Å². The van der Waals surface area contributed by atoms with Crippen molar-refractivity contribution in [2.75, 3.05) is 4.90 Å². The molecule has 0 atom stereocenters. The molecule has 0 radical (unpaired) electrons. The normalized spacial score (nSPS) is 14.8. The highest BCUT2D eigenvalue weighted by molar-refractivity contribution is 8.27. The number of ether oxygens (including phenoxy) is 1. The Labute approximate surface area is 198 Å². The van der Waals surface area contributed by atoms with Gasteiger partial charge in [0.05, 0.1) is 15.5 Å². The average Bonchev–Trinajstić information content (AvgIpc) is 3.07. The summed E-state index contributed by atoms with van der Waals surface area (Å²) in [6, 6.07) is 20.5. The number of hydrogen-bond donors (Lipinski definition) is 0. The maximum absolute atomic E-state index is 12.9. The summed E-state index contributed by atoms with van der Waals surface area (Å²) in [5.74, 6) is 0.411. The van der Waals surface area contributed by atoms with E-state index in [4.69, 9.17) is 28.6 Å². The molecule has 1 fully saturated rings. The lowest BCUT2D eigenvalue weighted by Crippen LogP contribution is -2.27. The SMILES string of the molecule is O=C1/C(=C/c2ccc(OCc3ccccc3Cl)cc2)SC(=S)N1c1ccc([N+](=O)[O-])cc1. The van der Waals surface area contributed by atoms with Gasteiger partial charge in [-0.15, -0.1) is 0 Å². The Morgan fingerprint density at radius 2 is 1.75 bits per heavy atom. The maximum atomic E-state index is 12.9. The minimum Gasteiger partial charge on any atom is -0.489 e. The lowest BCUT2D eigenvalue weighted by Gasteiger charge is -2.13. The lowest BCUT2D eigenvalue weighted by molar-refractivity contribution is -0.384. The molecule has 0 unspecified atom stereocenters. The third-order valence-electron chi connectivity index (χ3n) is 4.64. The van der Waals surface area contributed by atoms with Crippen LogP contribution < -0.4 is 9.64 Å². The lowest BCUT2D eigenvalue weighted by atomic mass is 10.2. The molecule has 3 aromatic carbocycles. The number of nitro benzene ring substituents is 1. The monoisotopic (exact) mass is 482 g/mol. The second-order valence-corrected chi connectivity index (χ2v) is 8.82. The predicted molar refractivity (Wildman–Crippen MR) is 131 cm³/mol. The van der Waals surface area contributed by atoms with Gasteiger partial charge in [0.15, 0.2) is 4.32 Å². The number of amides is 1. The van der Waals surface area contributed by atoms with Crippen molar-refractivity contribution < 1.29 is 14.5 Å². The van der Waals surface area contributed by atoms with Gasteiger partial charge in [0.2, 0.25) is 0 Å². The standard InChI is InChI=1S/C23H15ClN2O4S2/c24-20-4-2-1-3-16(20)14-30-19-11-5-15(6-12-19)13-21-22(27)25(23(31)32-21)17-7-9-18(10-8-17)26(28)29/h1-13H,14H2/b21-13-. The molecule has 1 aliphatic rings. The van der Waals surface area contributed by atoms with Gasteiger partial charge >= 0.3 is 0 Å². The Kier molecular flexibility index (Phi) is 6.55. The summed E-state index contributed by atoms with van der Waals surface area (Å²) >= 11 is 12.7. The Balaban J connectivity index is 1.45. The van der Waals surface area contributed by atoms with Crippen molar-refractivity contribution in [1.29, 1.82) is 0 Å². The number of halogens is 1. The number of nitrogens with zero attached hydrogens (tertiary/aromatic N) is 2. The van der Waals surface area contributed by atoms with Crippen LogP contribution in [0.25, 0.3) is 6.08 Å². The molecule has 0 spiro atoms. The van der Waals surface area contributed by atoms with Gasteiger partial charge in [0.1, 0.15) is 12.4 Å². The number of rotatable bonds is 6. The van der Waals surface area contributed by atoms with E-state index < -0.39 is 4.92 Å². The smallest absolute Gasteiger partial charge is 0.270 e. The number of benzene rings is 3. The molecule has 1 aliphatic heterocycles. The van der Waals surface area contributed by atoms with Crippen LogP contribution in [0.15, 0.2) is 77.7 Å². The first-order valence-electron chi connectivity index (χ1n) is 9.41. The number of non-ortho nitro benzene ring substituents is 1. The van der Waals surface area contributed by atoms with E-state index in [1.807, 2.05) is 48.5 Å². The molecule has 1 saturated heterocycles. The summed E-state index contributed by atoms with van der Waals surface area (Å²) in [6.45, 7) is 0.354. The molecule has 32 heavy (non-hydrogen) atoms. The van der Waals surface area contributed by atoms with Gasteiger partial charge in [-0.05, 0) is 42.0 Å². The number of carbonyl (C=O) groups is 1. The number of hydrogen-bond acceptors (Lipinski definition) is 6. The quantitative estimate of drug-likeness (QED) is 0.179. The predicted octanol–water partition coefficient (Wildman–Crippen LogP) is 6.23. The Bertz CT molecular complexity index is 1230. The fourth-order valence-corrected chi connectivity index (χ4v) is 4.49. The van der Waals surface area contributed by atoms with Crippen LogP contribution in [0.2, 0.25) is 5.02 Å². The molecule has 0 aromatic heterocycles. The molecule has 4 rings (SSSR count). The highest BCUT2D eigenvalue weighted by Gasteiger charge is 2.33. The van der Waals surface area contributed by atoms with Crippen molar-refractivity contribution in [3.05, 3.63) is 104 Å². The minimum atomic E-state index is -0.490. The van der Waals surface area contributed by atoms with Gasteiger partial charge in [-0.1, -0.05) is 65.9 Å². The molecule has 0 saturated carbocycles. The van der Waals surface area contributed by atoms with Crippen LogP contribution in [0.1, 0.15) is 11.1 Å². The number of anilines is 1. The van der Waals surface area contributed by atoms with Crippen LogP contribution in [0.4, 0.5) is 11.4 Å². The Hall–Kier alpha value is -3.20. The molecule has 3 aromatic rings. The van der Waals surface area contributed by atoms with Crippen molar-refractivity contribution >= 4 is 63.3 Å². The highest BCUT2D eigenvalue weighted by Crippen LogP contribution is 2.36. The van der Waals surface area contributed by atoms with Gasteiger partial charge in [-0.2, -0.15) is 0 Å². The number of carbonyl (C=O) groups excluding carboxylic acids is 1. The van der Waals surface area contributed by atoms with Crippen molar-refractivity contribution in [2.45, 2.75) is 6.61 Å². The first kappa shape index (κ1) is 22.0. The van der Waals surface area contributed by atoms with Crippen LogP contribution in [0.3, 0.4) is 0 Å². The molecular weight excluding hydrogens is 468 g/mol. The van der Waals surface area contributed by atoms with Crippen LogP contribution in [0, 0.1) is 10.1 Å².